The Labute approximate surface area is 181 Å². The molecule has 7 nitrogen and oxygen atoms in total. The Bertz CT molecular complexity index is 1020. The molecule has 1 saturated heterocycles. The number of thiazole rings is 1. The minimum absolute atomic E-state index is 0.0515. The number of pyridine rings is 1. The van der Waals surface area contributed by atoms with Gasteiger partial charge in [0.25, 0.3) is 5.91 Å². The molecule has 3 heterocycles. The van der Waals surface area contributed by atoms with E-state index in [9.17, 15) is 4.79 Å². The lowest BCUT2D eigenvalue weighted by Gasteiger charge is -2.30. The molecular weight excluding hydrogens is 454 g/mol. The van der Waals surface area contributed by atoms with Crippen LogP contribution >= 0.6 is 27.3 Å². The molecule has 3 N–H and O–H groups in total. The number of carbonyl (C=O) groups is 1. The van der Waals surface area contributed by atoms with Crippen molar-refractivity contribution in [3.05, 3.63) is 40.6 Å². The molecule has 1 fully saturated rings. The highest BCUT2D eigenvalue weighted by Gasteiger charge is 2.19. The minimum Gasteiger partial charge on any atom is -0.395 e. The largest absolute Gasteiger partial charge is 0.395 e. The van der Waals surface area contributed by atoms with Gasteiger partial charge in [0.1, 0.15) is 10.3 Å². The van der Waals surface area contributed by atoms with Crippen LogP contribution in [0.5, 0.6) is 0 Å². The molecule has 3 aromatic rings. The smallest absolute Gasteiger partial charge is 0.274 e. The Morgan fingerprint density at radius 1 is 1.21 bits per heavy atom. The van der Waals surface area contributed by atoms with Gasteiger partial charge in [0.2, 0.25) is 0 Å². The summed E-state index contributed by atoms with van der Waals surface area (Å²) in [5.41, 5.74) is 3.00. The number of amides is 1. The molecule has 4 rings (SSSR count). The van der Waals surface area contributed by atoms with E-state index in [4.69, 9.17) is 5.11 Å². The summed E-state index contributed by atoms with van der Waals surface area (Å²) in [4.78, 5) is 24.0. The Balaban J connectivity index is 1.69. The van der Waals surface area contributed by atoms with Crippen LogP contribution in [0, 0.1) is 0 Å². The molecular formula is C20H22BrN5O2S. The van der Waals surface area contributed by atoms with Crippen LogP contribution in [0.2, 0.25) is 0 Å². The van der Waals surface area contributed by atoms with E-state index in [1.54, 1.807) is 18.2 Å². The topological polar surface area (TPSA) is 90.4 Å². The number of aromatic nitrogens is 2. The fourth-order valence-corrected chi connectivity index (χ4v) is 4.68. The lowest BCUT2D eigenvalue weighted by Crippen LogP contribution is -2.30. The number of nitrogens with zero attached hydrogens (tertiary/aromatic N) is 3. The summed E-state index contributed by atoms with van der Waals surface area (Å²) in [6.45, 7) is 2.43. The van der Waals surface area contributed by atoms with Crippen molar-refractivity contribution in [2.45, 2.75) is 19.3 Å². The average Bonchev–Trinajstić information content (AvgIpc) is 3.14. The summed E-state index contributed by atoms with van der Waals surface area (Å²) in [5, 5.41) is 16.0. The van der Waals surface area contributed by atoms with Gasteiger partial charge >= 0.3 is 0 Å². The summed E-state index contributed by atoms with van der Waals surface area (Å²) in [6.07, 6.45) is 3.51. The highest BCUT2D eigenvalue weighted by atomic mass is 79.9. The van der Waals surface area contributed by atoms with Gasteiger partial charge < -0.3 is 20.6 Å². The monoisotopic (exact) mass is 475 g/mol. The van der Waals surface area contributed by atoms with Crippen molar-refractivity contribution in [2.75, 3.05) is 41.8 Å². The predicted octanol–water partition coefficient (Wildman–Crippen LogP) is 4.10. The van der Waals surface area contributed by atoms with Gasteiger partial charge in [-0.25, -0.2) is 9.97 Å². The maximum Gasteiger partial charge on any atom is 0.274 e. The summed E-state index contributed by atoms with van der Waals surface area (Å²) >= 11 is 4.82. The SMILES string of the molecule is O=C(Nc1cc2sc(NCCO)nc2cc1N1CCCCC1)c1cccc(Br)n1. The molecule has 0 bridgehead atoms. The molecule has 1 aliphatic rings. The van der Waals surface area contributed by atoms with E-state index >= 15 is 0 Å². The van der Waals surface area contributed by atoms with Gasteiger partial charge in [-0.1, -0.05) is 17.4 Å². The van der Waals surface area contributed by atoms with Crippen molar-refractivity contribution in [3.63, 3.8) is 0 Å². The summed E-state index contributed by atoms with van der Waals surface area (Å²) in [5.74, 6) is -0.243. The number of halogens is 1. The molecule has 0 radical (unpaired) electrons. The number of anilines is 3. The van der Waals surface area contributed by atoms with Crippen molar-refractivity contribution in [2.24, 2.45) is 0 Å². The van der Waals surface area contributed by atoms with E-state index < -0.39 is 0 Å². The zero-order valence-corrected chi connectivity index (χ0v) is 18.2. The number of fused-ring (bicyclic) bond motifs is 1. The minimum atomic E-state index is -0.243. The number of hydrogen-bond donors (Lipinski definition) is 3. The zero-order chi connectivity index (χ0) is 20.2. The first-order valence-electron chi connectivity index (χ1n) is 9.62. The molecule has 0 aliphatic carbocycles. The number of rotatable bonds is 6. The van der Waals surface area contributed by atoms with Crippen LogP contribution in [0.1, 0.15) is 29.8 Å². The average molecular weight is 476 g/mol. The quantitative estimate of drug-likeness (QED) is 0.465. The van der Waals surface area contributed by atoms with E-state index in [2.05, 4.69) is 41.4 Å². The van der Waals surface area contributed by atoms with Gasteiger partial charge in [-0.2, -0.15) is 0 Å². The fraction of sp³-hybridized carbons (Fsp3) is 0.350. The van der Waals surface area contributed by atoms with Gasteiger partial charge in [0.05, 0.1) is 28.2 Å². The second kappa shape index (κ2) is 9.06. The molecule has 1 amide bonds. The molecule has 1 aliphatic heterocycles. The second-order valence-corrected chi connectivity index (χ2v) is 8.70. The van der Waals surface area contributed by atoms with Crippen LogP contribution in [-0.2, 0) is 0 Å². The maximum absolute atomic E-state index is 12.8. The summed E-state index contributed by atoms with van der Waals surface area (Å²) in [6, 6.07) is 9.31. The number of aliphatic hydroxyl groups excluding tert-OH is 1. The molecule has 0 atom stereocenters. The lowest BCUT2D eigenvalue weighted by atomic mass is 10.1. The molecule has 152 valence electrons. The number of aliphatic hydroxyl groups is 1. The molecule has 1 aromatic carbocycles. The lowest BCUT2D eigenvalue weighted by molar-refractivity contribution is 0.102. The van der Waals surface area contributed by atoms with Gasteiger partial charge in [-0.3, -0.25) is 4.79 Å². The van der Waals surface area contributed by atoms with Crippen molar-refractivity contribution in [1.82, 2.24) is 9.97 Å². The van der Waals surface area contributed by atoms with E-state index in [0.717, 1.165) is 52.7 Å². The predicted molar refractivity (Wildman–Crippen MR) is 121 cm³/mol. The molecule has 29 heavy (non-hydrogen) atoms. The Morgan fingerprint density at radius 2 is 2.03 bits per heavy atom. The second-order valence-electron chi connectivity index (χ2n) is 6.85. The maximum atomic E-state index is 12.8. The van der Waals surface area contributed by atoms with Crippen LogP contribution in [0.25, 0.3) is 10.2 Å². The zero-order valence-electron chi connectivity index (χ0n) is 15.8. The third-order valence-corrected chi connectivity index (χ3v) is 6.20. The van der Waals surface area contributed by atoms with Crippen molar-refractivity contribution in [1.29, 1.82) is 0 Å². The Morgan fingerprint density at radius 3 is 2.79 bits per heavy atom. The Hall–Kier alpha value is -2.23. The number of hydrogen-bond acceptors (Lipinski definition) is 7. The standard InChI is InChI=1S/C20H22BrN5O2S/c21-18-6-4-5-13(23-18)19(28)24-14-12-17-15(25-20(29-17)22-7-10-27)11-16(14)26-8-2-1-3-9-26/h4-6,11-12,27H,1-3,7-10H2,(H,22,25)(H,24,28). The van der Waals surface area contributed by atoms with Crippen LogP contribution in [0.4, 0.5) is 16.5 Å². The number of nitrogens with one attached hydrogen (secondary N) is 2. The first kappa shape index (κ1) is 20.1. The van der Waals surface area contributed by atoms with Gasteiger partial charge in [-0.05, 0) is 59.5 Å². The van der Waals surface area contributed by atoms with E-state index in [-0.39, 0.29) is 12.5 Å². The molecule has 2 aromatic heterocycles. The van der Waals surface area contributed by atoms with Crippen molar-refractivity contribution in [3.8, 4) is 0 Å². The van der Waals surface area contributed by atoms with E-state index in [1.165, 1.54) is 17.8 Å². The van der Waals surface area contributed by atoms with Gasteiger partial charge in [0.15, 0.2) is 5.13 Å². The van der Waals surface area contributed by atoms with Crippen LogP contribution < -0.4 is 15.5 Å². The first-order chi connectivity index (χ1) is 14.1. The third-order valence-electron chi connectivity index (χ3n) is 4.79. The van der Waals surface area contributed by atoms with Gasteiger partial charge in [-0.15, -0.1) is 0 Å². The number of benzene rings is 1. The van der Waals surface area contributed by atoms with E-state index in [1.807, 2.05) is 12.1 Å². The van der Waals surface area contributed by atoms with Gasteiger partial charge in [0, 0.05) is 19.6 Å². The van der Waals surface area contributed by atoms with Crippen LogP contribution in [-0.4, -0.2) is 47.2 Å². The highest BCUT2D eigenvalue weighted by molar-refractivity contribution is 9.10. The molecule has 0 unspecified atom stereocenters. The summed E-state index contributed by atoms with van der Waals surface area (Å²) in [7, 11) is 0. The van der Waals surface area contributed by atoms with Crippen LogP contribution in [0.3, 0.4) is 0 Å². The molecule has 9 heteroatoms. The summed E-state index contributed by atoms with van der Waals surface area (Å²) < 4.78 is 1.60. The number of carbonyl (C=O) groups excluding carboxylic acids is 1. The normalized spacial score (nSPS) is 14.2. The van der Waals surface area contributed by atoms with Crippen molar-refractivity contribution < 1.29 is 9.90 Å². The Kier molecular flexibility index (Phi) is 6.27. The van der Waals surface area contributed by atoms with E-state index in [0.29, 0.717) is 16.8 Å². The highest BCUT2D eigenvalue weighted by Crippen LogP contribution is 2.36. The van der Waals surface area contributed by atoms with Crippen LogP contribution in [0.15, 0.2) is 34.9 Å². The third kappa shape index (κ3) is 4.68. The van der Waals surface area contributed by atoms with Crippen molar-refractivity contribution >= 4 is 59.9 Å². The first-order valence-corrected chi connectivity index (χ1v) is 11.2. The molecule has 0 spiro atoms. The molecule has 0 saturated carbocycles. The number of piperidine rings is 1. The fourth-order valence-electron chi connectivity index (χ4n) is 3.42.